The molecule has 0 radical (unpaired) electrons. The first-order valence-corrected chi connectivity index (χ1v) is 8.47. The number of halogens is 1. The average molecular weight is 359 g/mol. The summed E-state index contributed by atoms with van der Waals surface area (Å²) in [4.78, 5) is 29.8. The summed E-state index contributed by atoms with van der Waals surface area (Å²) in [5.41, 5.74) is 0.947. The van der Waals surface area contributed by atoms with Gasteiger partial charge in [-0.2, -0.15) is 0 Å². The van der Waals surface area contributed by atoms with Crippen molar-refractivity contribution in [1.82, 2.24) is 4.90 Å². The van der Waals surface area contributed by atoms with Gasteiger partial charge in [-0.3, -0.25) is 9.59 Å². The summed E-state index contributed by atoms with van der Waals surface area (Å²) in [5, 5.41) is 0.587. The molecule has 1 heterocycles. The van der Waals surface area contributed by atoms with E-state index in [-0.39, 0.29) is 11.8 Å². The molecule has 0 aliphatic carbocycles. The van der Waals surface area contributed by atoms with Crippen LogP contribution in [0.25, 0.3) is 0 Å². The van der Waals surface area contributed by atoms with Gasteiger partial charge < -0.3 is 4.90 Å². The number of thioether (sulfide) groups is 1. The van der Waals surface area contributed by atoms with E-state index in [1.807, 2.05) is 18.2 Å². The van der Waals surface area contributed by atoms with Crippen molar-refractivity contribution in [3.63, 3.8) is 0 Å². The van der Waals surface area contributed by atoms with E-state index in [1.54, 1.807) is 55.4 Å². The van der Waals surface area contributed by atoms with Crippen LogP contribution in [0.5, 0.6) is 0 Å². The summed E-state index contributed by atoms with van der Waals surface area (Å²) in [7, 11) is 3.51. The van der Waals surface area contributed by atoms with Crippen molar-refractivity contribution in [1.29, 1.82) is 0 Å². The average Bonchev–Trinajstić information content (AvgIpc) is 2.79. The van der Waals surface area contributed by atoms with Gasteiger partial charge in [0.2, 0.25) is 0 Å². The van der Waals surface area contributed by atoms with Gasteiger partial charge in [-0.25, -0.2) is 4.90 Å². The zero-order chi connectivity index (χ0) is 17.3. The molecule has 0 atom stereocenters. The Bertz CT molecular complexity index is 834. The van der Waals surface area contributed by atoms with Crippen LogP contribution in [0, 0.1) is 0 Å². The second kappa shape index (κ2) is 6.71. The highest BCUT2D eigenvalue weighted by Gasteiger charge is 2.40. The van der Waals surface area contributed by atoms with Gasteiger partial charge in [0.05, 0.1) is 5.69 Å². The molecule has 2 amide bonds. The monoisotopic (exact) mass is 358 g/mol. The molecular weight excluding hydrogens is 344 g/mol. The minimum Gasteiger partial charge on any atom is -0.372 e. The molecule has 0 saturated carbocycles. The van der Waals surface area contributed by atoms with Crippen LogP contribution in [-0.2, 0) is 9.59 Å². The van der Waals surface area contributed by atoms with E-state index in [0.29, 0.717) is 21.3 Å². The van der Waals surface area contributed by atoms with Gasteiger partial charge in [0.15, 0.2) is 0 Å². The number of benzene rings is 2. The Kier molecular flexibility index (Phi) is 4.64. The van der Waals surface area contributed by atoms with E-state index in [9.17, 15) is 9.59 Å². The number of hydrogen-bond donors (Lipinski definition) is 0. The van der Waals surface area contributed by atoms with Crippen molar-refractivity contribution in [2.75, 3.05) is 19.0 Å². The Labute approximate surface area is 149 Å². The van der Waals surface area contributed by atoms with Gasteiger partial charge >= 0.3 is 0 Å². The first-order valence-electron chi connectivity index (χ1n) is 7.28. The highest BCUT2D eigenvalue weighted by atomic mass is 35.5. The number of carbonyl (C=O) groups excluding carboxylic acids is 2. The van der Waals surface area contributed by atoms with E-state index in [4.69, 9.17) is 11.6 Å². The zero-order valence-electron chi connectivity index (χ0n) is 13.2. The number of likely N-dealkylation sites (N-methyl/N-ethyl adjacent to an activating group) is 1. The van der Waals surface area contributed by atoms with Crippen LogP contribution in [0.4, 0.5) is 5.69 Å². The number of hydrogen-bond acceptors (Lipinski definition) is 4. The number of rotatable bonds is 4. The van der Waals surface area contributed by atoms with Gasteiger partial charge in [0, 0.05) is 24.0 Å². The molecule has 24 heavy (non-hydrogen) atoms. The molecule has 0 unspecified atom stereocenters. The molecule has 6 heteroatoms. The quantitative estimate of drug-likeness (QED) is 0.780. The topological polar surface area (TPSA) is 40.6 Å². The Balaban J connectivity index is 2.01. The summed E-state index contributed by atoms with van der Waals surface area (Å²) in [6.07, 6.45) is 0. The zero-order valence-corrected chi connectivity index (χ0v) is 14.8. The lowest BCUT2D eigenvalue weighted by Gasteiger charge is -2.16. The van der Waals surface area contributed by atoms with Crippen molar-refractivity contribution in [3.05, 3.63) is 70.2 Å². The molecule has 3 rings (SSSR count). The molecule has 0 fully saturated rings. The molecule has 0 spiro atoms. The van der Waals surface area contributed by atoms with Crippen LogP contribution < -0.4 is 4.90 Å². The standard InChI is InChI=1S/C18H15ClN2O2S/c1-20(2)15-16(24-14-10-6-7-12(19)11-14)18(23)21(17(15)22)13-8-4-3-5-9-13/h3-11H,1-2H3. The van der Waals surface area contributed by atoms with Gasteiger partial charge in [0.1, 0.15) is 10.6 Å². The second-order valence-corrected chi connectivity index (χ2v) is 6.93. The summed E-state index contributed by atoms with van der Waals surface area (Å²) in [5.74, 6) is -0.638. The van der Waals surface area contributed by atoms with E-state index in [0.717, 1.165) is 4.90 Å². The first kappa shape index (κ1) is 16.6. The predicted molar refractivity (Wildman–Crippen MR) is 97.0 cm³/mol. The van der Waals surface area contributed by atoms with Crippen LogP contribution in [0.15, 0.2) is 70.1 Å². The molecule has 1 aliphatic heterocycles. The first-order chi connectivity index (χ1) is 11.5. The number of amides is 2. The fraction of sp³-hybridized carbons (Fsp3) is 0.111. The molecule has 0 bridgehead atoms. The maximum atomic E-state index is 12.9. The van der Waals surface area contributed by atoms with E-state index in [2.05, 4.69) is 0 Å². The van der Waals surface area contributed by atoms with E-state index in [1.165, 1.54) is 16.7 Å². The molecule has 122 valence electrons. The maximum absolute atomic E-state index is 12.9. The third kappa shape index (κ3) is 3.05. The molecule has 1 aliphatic rings. The number of imide groups is 1. The molecule has 2 aromatic rings. The van der Waals surface area contributed by atoms with Crippen LogP contribution in [0.3, 0.4) is 0 Å². The highest BCUT2D eigenvalue weighted by molar-refractivity contribution is 8.04. The SMILES string of the molecule is CN(C)C1=C(Sc2cccc(Cl)c2)C(=O)N(c2ccccc2)C1=O. The van der Waals surface area contributed by atoms with Crippen LogP contribution >= 0.6 is 23.4 Å². The normalized spacial score (nSPS) is 14.5. The number of para-hydroxylation sites is 1. The van der Waals surface area contributed by atoms with Gasteiger partial charge in [-0.1, -0.05) is 47.6 Å². The van der Waals surface area contributed by atoms with Crippen molar-refractivity contribution >= 4 is 40.9 Å². The fourth-order valence-corrected chi connectivity index (χ4v) is 3.81. The number of nitrogens with zero attached hydrogens (tertiary/aromatic N) is 2. The summed E-state index contributed by atoms with van der Waals surface area (Å²) in [6, 6.07) is 16.2. The molecule has 0 N–H and O–H groups in total. The fourth-order valence-electron chi connectivity index (χ4n) is 2.44. The second-order valence-electron chi connectivity index (χ2n) is 5.41. The molecule has 4 nitrogen and oxygen atoms in total. The molecular formula is C18H15ClN2O2S. The number of carbonyl (C=O) groups is 2. The van der Waals surface area contributed by atoms with Crippen LogP contribution in [0.1, 0.15) is 0 Å². The summed E-state index contributed by atoms with van der Waals surface area (Å²) < 4.78 is 0. The Morgan fingerprint density at radius 1 is 0.958 bits per heavy atom. The Hall–Kier alpha value is -2.24. The molecule has 2 aromatic carbocycles. The lowest BCUT2D eigenvalue weighted by atomic mass is 10.3. The minimum atomic E-state index is -0.320. The third-order valence-electron chi connectivity index (χ3n) is 3.50. The molecule has 0 aromatic heterocycles. The van der Waals surface area contributed by atoms with Gasteiger partial charge in [0.25, 0.3) is 11.8 Å². The van der Waals surface area contributed by atoms with Crippen molar-refractivity contribution in [2.45, 2.75) is 4.90 Å². The minimum absolute atomic E-state index is 0.319. The largest absolute Gasteiger partial charge is 0.372 e. The summed E-state index contributed by atoms with van der Waals surface area (Å²) in [6.45, 7) is 0. The summed E-state index contributed by atoms with van der Waals surface area (Å²) >= 11 is 7.27. The third-order valence-corrected chi connectivity index (χ3v) is 4.79. The van der Waals surface area contributed by atoms with Crippen molar-refractivity contribution in [3.8, 4) is 0 Å². The van der Waals surface area contributed by atoms with E-state index < -0.39 is 0 Å². The lowest BCUT2D eigenvalue weighted by Crippen LogP contribution is -2.33. The van der Waals surface area contributed by atoms with Crippen molar-refractivity contribution < 1.29 is 9.59 Å². The highest BCUT2D eigenvalue weighted by Crippen LogP contribution is 2.38. The van der Waals surface area contributed by atoms with Gasteiger partial charge in [-0.15, -0.1) is 0 Å². The number of anilines is 1. The van der Waals surface area contributed by atoms with E-state index >= 15 is 0 Å². The Morgan fingerprint density at radius 2 is 1.67 bits per heavy atom. The van der Waals surface area contributed by atoms with Crippen LogP contribution in [-0.4, -0.2) is 30.8 Å². The van der Waals surface area contributed by atoms with Crippen molar-refractivity contribution in [2.24, 2.45) is 0 Å². The van der Waals surface area contributed by atoms with Crippen LogP contribution in [0.2, 0.25) is 5.02 Å². The lowest BCUT2D eigenvalue weighted by molar-refractivity contribution is -0.120. The maximum Gasteiger partial charge on any atom is 0.282 e. The Morgan fingerprint density at radius 3 is 2.29 bits per heavy atom. The smallest absolute Gasteiger partial charge is 0.282 e. The van der Waals surface area contributed by atoms with Gasteiger partial charge in [-0.05, 0) is 30.3 Å². The predicted octanol–water partition coefficient (Wildman–Crippen LogP) is 3.78. The molecule has 0 saturated heterocycles.